The van der Waals surface area contributed by atoms with Gasteiger partial charge in [0, 0.05) is 23.0 Å². The van der Waals surface area contributed by atoms with E-state index in [1.54, 1.807) is 0 Å². The van der Waals surface area contributed by atoms with Gasteiger partial charge in [-0.2, -0.15) is 11.8 Å². The van der Waals surface area contributed by atoms with Crippen LogP contribution in [0, 0.1) is 0 Å². The Balaban J connectivity index is 1.64. The Labute approximate surface area is 134 Å². The third-order valence-electron chi connectivity index (χ3n) is 4.09. The summed E-state index contributed by atoms with van der Waals surface area (Å²) in [6.07, 6.45) is 5.31. The van der Waals surface area contributed by atoms with Gasteiger partial charge in [0.2, 0.25) is 0 Å². The highest BCUT2D eigenvalue weighted by Crippen LogP contribution is 2.43. The summed E-state index contributed by atoms with van der Waals surface area (Å²) in [7, 11) is 0. The predicted molar refractivity (Wildman–Crippen MR) is 91.8 cm³/mol. The lowest BCUT2D eigenvalue weighted by atomic mass is 10.1. The van der Waals surface area contributed by atoms with Crippen molar-refractivity contribution in [3.8, 4) is 11.3 Å². The van der Waals surface area contributed by atoms with E-state index in [1.165, 1.54) is 52.6 Å². The summed E-state index contributed by atoms with van der Waals surface area (Å²) >= 11 is 4.00. The Hall–Kier alpha value is -0.840. The van der Waals surface area contributed by atoms with Gasteiger partial charge in [0.25, 0.3) is 0 Å². The van der Waals surface area contributed by atoms with Crippen LogP contribution in [0.25, 0.3) is 11.3 Å². The highest BCUT2D eigenvalue weighted by atomic mass is 32.2. The van der Waals surface area contributed by atoms with Crippen LogP contribution in [-0.2, 0) is 6.54 Å². The van der Waals surface area contributed by atoms with Crippen LogP contribution in [0.3, 0.4) is 0 Å². The van der Waals surface area contributed by atoms with Gasteiger partial charge < -0.3 is 5.32 Å². The minimum atomic E-state index is 0.632. The van der Waals surface area contributed by atoms with Gasteiger partial charge in [-0.15, -0.1) is 11.3 Å². The largest absolute Gasteiger partial charge is 0.309 e. The first-order valence-electron chi connectivity index (χ1n) is 7.80. The summed E-state index contributed by atoms with van der Waals surface area (Å²) in [4.78, 5) is 6.43. The lowest BCUT2D eigenvalue weighted by molar-refractivity contribution is 0.695. The highest BCUT2D eigenvalue weighted by Gasteiger charge is 2.25. The van der Waals surface area contributed by atoms with Gasteiger partial charge in [0.15, 0.2) is 0 Å². The molecule has 0 radical (unpaired) electrons. The number of thioether (sulfide) groups is 1. The van der Waals surface area contributed by atoms with Gasteiger partial charge in [-0.05, 0) is 31.4 Å². The van der Waals surface area contributed by atoms with Gasteiger partial charge in [-0.3, -0.25) is 0 Å². The number of nitrogens with zero attached hydrogens (tertiary/aromatic N) is 1. The molecule has 1 aromatic heterocycles. The monoisotopic (exact) mass is 316 g/mol. The van der Waals surface area contributed by atoms with E-state index in [2.05, 4.69) is 47.4 Å². The Morgan fingerprint density at radius 3 is 2.71 bits per heavy atom. The number of thiazole rings is 1. The second-order valence-corrected chi connectivity index (χ2v) is 8.27. The van der Waals surface area contributed by atoms with E-state index in [9.17, 15) is 0 Å². The molecule has 0 amide bonds. The Morgan fingerprint density at radius 1 is 1.14 bits per heavy atom. The molecule has 0 spiro atoms. The first-order valence-corrected chi connectivity index (χ1v) is 9.66. The molecule has 1 N–H and O–H groups in total. The molecule has 2 aromatic rings. The number of aromatic nitrogens is 1. The summed E-state index contributed by atoms with van der Waals surface area (Å²) in [6.45, 7) is 0.976. The summed E-state index contributed by atoms with van der Waals surface area (Å²) in [5, 5.41) is 5.62. The average molecular weight is 316 g/mol. The van der Waals surface area contributed by atoms with Crippen LogP contribution in [0.5, 0.6) is 0 Å². The molecule has 21 heavy (non-hydrogen) atoms. The molecule has 1 saturated carbocycles. The molecule has 1 saturated heterocycles. The van der Waals surface area contributed by atoms with Gasteiger partial charge in [-0.1, -0.05) is 30.3 Å². The second-order valence-electron chi connectivity index (χ2n) is 5.85. The molecular weight excluding hydrogens is 296 g/mol. The molecule has 1 aromatic carbocycles. The van der Waals surface area contributed by atoms with Crippen LogP contribution < -0.4 is 5.32 Å². The third-order valence-corrected chi connectivity index (χ3v) is 6.80. The fraction of sp³-hybridized carbons (Fsp3) is 0.471. The van der Waals surface area contributed by atoms with Crippen LogP contribution in [0.1, 0.15) is 40.8 Å². The Bertz CT molecular complexity index is 599. The van der Waals surface area contributed by atoms with Gasteiger partial charge in [0.05, 0.1) is 10.9 Å². The van der Waals surface area contributed by atoms with E-state index < -0.39 is 0 Å². The highest BCUT2D eigenvalue weighted by molar-refractivity contribution is 7.99. The smallest absolute Gasteiger partial charge is 0.107 e. The van der Waals surface area contributed by atoms with Crippen molar-refractivity contribution in [3.63, 3.8) is 0 Å². The summed E-state index contributed by atoms with van der Waals surface area (Å²) < 4.78 is 0. The van der Waals surface area contributed by atoms with E-state index in [0.717, 1.165) is 12.6 Å². The maximum absolute atomic E-state index is 5.02. The van der Waals surface area contributed by atoms with Gasteiger partial charge >= 0.3 is 0 Å². The average Bonchev–Trinajstić information content (AvgIpc) is 3.03. The maximum Gasteiger partial charge on any atom is 0.107 e. The van der Waals surface area contributed by atoms with E-state index in [1.807, 2.05) is 11.3 Å². The zero-order chi connectivity index (χ0) is 14.1. The molecule has 1 aliphatic heterocycles. The van der Waals surface area contributed by atoms with Crippen LogP contribution in [0.2, 0.25) is 0 Å². The number of hydrogen-bond donors (Lipinski definition) is 1. The van der Waals surface area contributed by atoms with Crippen molar-refractivity contribution in [2.24, 2.45) is 0 Å². The molecule has 2 nitrogen and oxygen atoms in total. The standard InChI is InChI=1S/C17H20N2S2/c1-2-5-12(6-3-1)16-15(11-18-13-8-9-13)21-17(19-16)14-7-4-10-20-14/h1-3,5-6,13-14,18H,4,7-11H2. The van der Waals surface area contributed by atoms with Crippen molar-refractivity contribution >= 4 is 23.1 Å². The van der Waals surface area contributed by atoms with Crippen molar-refractivity contribution in [3.05, 3.63) is 40.2 Å². The molecule has 0 bridgehead atoms. The van der Waals surface area contributed by atoms with E-state index in [4.69, 9.17) is 4.98 Å². The second kappa shape index (κ2) is 6.11. The molecule has 1 unspecified atom stereocenters. The molecule has 4 rings (SSSR count). The zero-order valence-corrected chi connectivity index (χ0v) is 13.7. The number of hydrogen-bond acceptors (Lipinski definition) is 4. The number of rotatable bonds is 5. The molecule has 1 aliphatic carbocycles. The molecule has 2 aliphatic rings. The van der Waals surface area contributed by atoms with E-state index in [-0.39, 0.29) is 0 Å². The van der Waals surface area contributed by atoms with Crippen molar-refractivity contribution in [2.45, 2.75) is 43.5 Å². The normalized spacial score (nSPS) is 21.8. The van der Waals surface area contributed by atoms with Gasteiger partial charge in [-0.25, -0.2) is 4.98 Å². The number of benzene rings is 1. The Kier molecular flexibility index (Phi) is 4.01. The summed E-state index contributed by atoms with van der Waals surface area (Å²) in [5.74, 6) is 1.29. The van der Waals surface area contributed by atoms with Gasteiger partial charge in [0.1, 0.15) is 5.01 Å². The predicted octanol–water partition coefficient (Wildman–Crippen LogP) is 4.63. The fourth-order valence-electron chi connectivity index (χ4n) is 2.75. The lowest BCUT2D eigenvalue weighted by Gasteiger charge is -2.03. The molecule has 2 heterocycles. The van der Waals surface area contributed by atoms with Crippen molar-refractivity contribution in [1.29, 1.82) is 0 Å². The minimum absolute atomic E-state index is 0.632. The SMILES string of the molecule is c1ccc(-c2nc(C3CCCS3)sc2CNC2CC2)cc1. The Morgan fingerprint density at radius 2 is 2.00 bits per heavy atom. The third kappa shape index (κ3) is 3.17. The van der Waals surface area contributed by atoms with Crippen LogP contribution in [0.15, 0.2) is 30.3 Å². The van der Waals surface area contributed by atoms with E-state index in [0.29, 0.717) is 5.25 Å². The molecule has 110 valence electrons. The lowest BCUT2D eigenvalue weighted by Crippen LogP contribution is -2.14. The number of nitrogens with one attached hydrogen (secondary N) is 1. The fourth-order valence-corrected chi connectivity index (χ4v) is 5.30. The topological polar surface area (TPSA) is 24.9 Å². The van der Waals surface area contributed by atoms with Crippen molar-refractivity contribution in [1.82, 2.24) is 10.3 Å². The zero-order valence-electron chi connectivity index (χ0n) is 12.0. The first-order chi connectivity index (χ1) is 10.4. The van der Waals surface area contributed by atoms with Crippen molar-refractivity contribution in [2.75, 3.05) is 5.75 Å². The summed E-state index contributed by atoms with van der Waals surface area (Å²) in [6, 6.07) is 11.4. The van der Waals surface area contributed by atoms with Crippen LogP contribution in [-0.4, -0.2) is 16.8 Å². The molecule has 4 heteroatoms. The van der Waals surface area contributed by atoms with Crippen LogP contribution in [0.4, 0.5) is 0 Å². The molecule has 2 fully saturated rings. The molecular formula is C17H20N2S2. The van der Waals surface area contributed by atoms with Crippen molar-refractivity contribution < 1.29 is 0 Å². The summed E-state index contributed by atoms with van der Waals surface area (Å²) in [5.41, 5.74) is 2.46. The quantitative estimate of drug-likeness (QED) is 0.870. The minimum Gasteiger partial charge on any atom is -0.309 e. The molecule has 1 atom stereocenters. The maximum atomic E-state index is 5.02. The first kappa shape index (κ1) is 13.8. The van der Waals surface area contributed by atoms with Crippen LogP contribution >= 0.6 is 23.1 Å². The van der Waals surface area contributed by atoms with E-state index >= 15 is 0 Å².